The van der Waals surface area contributed by atoms with Gasteiger partial charge in [0.2, 0.25) is 5.91 Å². The van der Waals surface area contributed by atoms with Crippen LogP contribution in [0.4, 0.5) is 13.2 Å². The molecule has 0 aromatic carbocycles. The van der Waals surface area contributed by atoms with Gasteiger partial charge in [-0.05, 0) is 23.9 Å². The van der Waals surface area contributed by atoms with Crippen molar-refractivity contribution in [2.24, 2.45) is 0 Å². The lowest BCUT2D eigenvalue weighted by Gasteiger charge is -2.10. The van der Waals surface area contributed by atoms with Crippen LogP contribution in [-0.4, -0.2) is 11.8 Å². The maximum atomic E-state index is 12.3. The predicted octanol–water partition coefficient (Wildman–Crippen LogP) is 3.18. The Morgan fingerprint density at radius 2 is 2.25 bits per heavy atom. The zero-order valence-corrected chi connectivity index (χ0v) is 9.84. The summed E-state index contributed by atoms with van der Waals surface area (Å²) in [7, 11) is 0. The highest BCUT2D eigenvalue weighted by atomic mass is 35.5. The summed E-state index contributed by atoms with van der Waals surface area (Å²) in [6, 6.07) is 0.558. The van der Waals surface area contributed by atoms with Crippen LogP contribution in [-0.2, 0) is 11.0 Å². The Balaban J connectivity index is 2.74. The number of rotatable bonds is 3. The van der Waals surface area contributed by atoms with Crippen LogP contribution >= 0.6 is 22.9 Å². The molecule has 1 aromatic heterocycles. The van der Waals surface area contributed by atoms with E-state index in [4.69, 9.17) is 11.6 Å². The number of halogens is 4. The third-order valence-corrected chi connectivity index (χ3v) is 3.13. The quantitative estimate of drug-likeness (QED) is 0.841. The number of amides is 1. The number of thiophene rings is 1. The largest absolute Gasteiger partial charge is 0.425 e. The standard InChI is InChI=1S/C9H9ClF3NOS/c1-5(14-8(15)3-10)6-2-7(16-4-6)9(11,12)13/h2,4-5H,3H2,1H3,(H,14,15). The Labute approximate surface area is 99.4 Å². The van der Waals surface area contributed by atoms with Crippen molar-refractivity contribution in [1.29, 1.82) is 0 Å². The molecule has 90 valence electrons. The van der Waals surface area contributed by atoms with Gasteiger partial charge in [0.05, 0.1) is 6.04 Å². The van der Waals surface area contributed by atoms with E-state index in [9.17, 15) is 18.0 Å². The molecule has 1 N–H and O–H groups in total. The number of nitrogens with one attached hydrogen (secondary N) is 1. The van der Waals surface area contributed by atoms with Gasteiger partial charge in [-0.1, -0.05) is 0 Å². The summed E-state index contributed by atoms with van der Waals surface area (Å²) in [6.45, 7) is 1.60. The van der Waals surface area contributed by atoms with Gasteiger partial charge in [0.15, 0.2) is 0 Å². The smallest absolute Gasteiger partial charge is 0.349 e. The third kappa shape index (κ3) is 3.38. The molecule has 0 radical (unpaired) electrons. The van der Waals surface area contributed by atoms with E-state index in [-0.39, 0.29) is 5.88 Å². The lowest BCUT2D eigenvalue weighted by Crippen LogP contribution is -2.27. The van der Waals surface area contributed by atoms with Crippen molar-refractivity contribution < 1.29 is 18.0 Å². The summed E-state index contributed by atoms with van der Waals surface area (Å²) in [5, 5.41) is 3.86. The van der Waals surface area contributed by atoms with Crippen molar-refractivity contribution in [2.75, 3.05) is 5.88 Å². The van der Waals surface area contributed by atoms with Crippen LogP contribution in [0.3, 0.4) is 0 Å². The summed E-state index contributed by atoms with van der Waals surface area (Å²) in [5.74, 6) is -0.616. The van der Waals surface area contributed by atoms with E-state index >= 15 is 0 Å². The molecule has 1 rings (SSSR count). The topological polar surface area (TPSA) is 29.1 Å². The van der Waals surface area contributed by atoms with Crippen molar-refractivity contribution >= 4 is 28.8 Å². The van der Waals surface area contributed by atoms with Crippen LogP contribution < -0.4 is 5.32 Å². The molecule has 1 amide bonds. The van der Waals surface area contributed by atoms with E-state index in [0.717, 1.165) is 6.07 Å². The van der Waals surface area contributed by atoms with Crippen molar-refractivity contribution in [1.82, 2.24) is 5.32 Å². The van der Waals surface area contributed by atoms with Gasteiger partial charge >= 0.3 is 6.18 Å². The van der Waals surface area contributed by atoms with E-state index in [0.29, 0.717) is 16.9 Å². The number of hydrogen-bond acceptors (Lipinski definition) is 2. The molecule has 0 aliphatic carbocycles. The highest BCUT2D eigenvalue weighted by Gasteiger charge is 2.32. The summed E-state index contributed by atoms with van der Waals surface area (Å²) in [5.41, 5.74) is 0.427. The first-order valence-electron chi connectivity index (χ1n) is 4.35. The van der Waals surface area contributed by atoms with Crippen LogP contribution in [0.15, 0.2) is 11.4 Å². The Kier molecular flexibility index (Phi) is 4.21. The Morgan fingerprint density at radius 1 is 1.62 bits per heavy atom. The maximum Gasteiger partial charge on any atom is 0.425 e. The molecule has 7 heteroatoms. The summed E-state index contributed by atoms with van der Waals surface area (Å²) in [4.78, 5) is 10.3. The molecule has 1 heterocycles. The minimum absolute atomic E-state index is 0.208. The Morgan fingerprint density at radius 3 is 2.69 bits per heavy atom. The molecule has 0 bridgehead atoms. The van der Waals surface area contributed by atoms with Gasteiger partial charge in [0, 0.05) is 0 Å². The summed E-state index contributed by atoms with van der Waals surface area (Å²) >= 11 is 5.88. The van der Waals surface area contributed by atoms with Gasteiger partial charge in [-0.3, -0.25) is 4.79 Å². The number of carbonyl (C=O) groups is 1. The third-order valence-electron chi connectivity index (χ3n) is 1.90. The monoisotopic (exact) mass is 271 g/mol. The normalized spacial score (nSPS) is 13.6. The van der Waals surface area contributed by atoms with Crippen molar-refractivity contribution in [3.63, 3.8) is 0 Å². The molecule has 1 unspecified atom stereocenters. The summed E-state index contributed by atoms with van der Waals surface area (Å²) < 4.78 is 36.9. The van der Waals surface area contributed by atoms with E-state index < -0.39 is 23.0 Å². The minimum atomic E-state index is -4.33. The molecule has 16 heavy (non-hydrogen) atoms. The van der Waals surface area contributed by atoms with Crippen LogP contribution in [0.1, 0.15) is 23.4 Å². The highest BCUT2D eigenvalue weighted by Crippen LogP contribution is 2.35. The second kappa shape index (κ2) is 5.05. The van der Waals surface area contributed by atoms with Gasteiger partial charge in [0.25, 0.3) is 0 Å². The van der Waals surface area contributed by atoms with Crippen LogP contribution in [0.5, 0.6) is 0 Å². The fourth-order valence-corrected chi connectivity index (χ4v) is 2.04. The molecule has 0 spiro atoms. The summed E-state index contributed by atoms with van der Waals surface area (Å²) in [6.07, 6.45) is -4.33. The van der Waals surface area contributed by atoms with Gasteiger partial charge < -0.3 is 5.32 Å². The van der Waals surface area contributed by atoms with Crippen LogP contribution in [0, 0.1) is 0 Å². The van der Waals surface area contributed by atoms with Gasteiger partial charge in [-0.25, -0.2) is 0 Å². The molecule has 1 atom stereocenters. The van der Waals surface area contributed by atoms with Crippen LogP contribution in [0.2, 0.25) is 0 Å². The first kappa shape index (κ1) is 13.3. The molecule has 1 aromatic rings. The van der Waals surface area contributed by atoms with Crippen molar-refractivity contribution in [2.45, 2.75) is 19.1 Å². The molecule has 0 aliphatic rings. The first-order valence-corrected chi connectivity index (χ1v) is 5.77. The second-order valence-corrected chi connectivity index (χ2v) is 4.34. The van der Waals surface area contributed by atoms with E-state index in [1.54, 1.807) is 6.92 Å². The SMILES string of the molecule is CC(NC(=O)CCl)c1csc(C(F)(F)F)c1. The maximum absolute atomic E-state index is 12.3. The van der Waals surface area contributed by atoms with Gasteiger partial charge in [0.1, 0.15) is 10.8 Å². The molecule has 0 aliphatic heterocycles. The number of carbonyl (C=O) groups excluding carboxylic acids is 1. The lowest BCUT2D eigenvalue weighted by atomic mass is 10.1. The first-order chi connectivity index (χ1) is 7.34. The predicted molar refractivity (Wildman–Crippen MR) is 56.6 cm³/mol. The Bertz CT molecular complexity index is 377. The molecule has 0 saturated heterocycles. The second-order valence-electron chi connectivity index (χ2n) is 3.16. The van der Waals surface area contributed by atoms with Crippen molar-refractivity contribution in [3.8, 4) is 0 Å². The molecule has 0 fully saturated rings. The van der Waals surface area contributed by atoms with E-state index in [1.807, 2.05) is 0 Å². The average molecular weight is 272 g/mol. The fraction of sp³-hybridized carbons (Fsp3) is 0.444. The molecular formula is C9H9ClF3NOS. The zero-order chi connectivity index (χ0) is 12.3. The molecular weight excluding hydrogens is 263 g/mol. The Hall–Kier alpha value is -0.750. The van der Waals surface area contributed by atoms with Gasteiger partial charge in [-0.2, -0.15) is 13.2 Å². The lowest BCUT2D eigenvalue weighted by molar-refractivity contribution is -0.134. The highest BCUT2D eigenvalue weighted by molar-refractivity contribution is 7.10. The minimum Gasteiger partial charge on any atom is -0.349 e. The zero-order valence-electron chi connectivity index (χ0n) is 8.27. The number of hydrogen-bond donors (Lipinski definition) is 1. The van der Waals surface area contributed by atoms with E-state index in [2.05, 4.69) is 5.32 Å². The fourth-order valence-electron chi connectivity index (χ4n) is 1.09. The molecule has 2 nitrogen and oxygen atoms in total. The van der Waals surface area contributed by atoms with Gasteiger partial charge in [-0.15, -0.1) is 22.9 Å². The average Bonchev–Trinajstić information content (AvgIpc) is 2.65. The number of alkyl halides is 4. The van der Waals surface area contributed by atoms with E-state index in [1.165, 1.54) is 5.38 Å². The van der Waals surface area contributed by atoms with Crippen LogP contribution in [0.25, 0.3) is 0 Å². The molecule has 0 saturated carbocycles. The van der Waals surface area contributed by atoms with Crippen molar-refractivity contribution in [3.05, 3.63) is 21.9 Å².